The van der Waals surface area contributed by atoms with Gasteiger partial charge in [0.2, 0.25) is 11.8 Å². The summed E-state index contributed by atoms with van der Waals surface area (Å²) in [6.45, 7) is 2.51. The molecular weight excluding hydrogens is 384 g/mol. The van der Waals surface area contributed by atoms with Gasteiger partial charge in [-0.15, -0.1) is 0 Å². The van der Waals surface area contributed by atoms with Crippen molar-refractivity contribution in [2.75, 3.05) is 18.4 Å². The maximum absolute atomic E-state index is 13.2. The van der Waals surface area contributed by atoms with Crippen LogP contribution >= 0.6 is 0 Å². The molecule has 1 atom stereocenters. The van der Waals surface area contributed by atoms with Gasteiger partial charge in [0, 0.05) is 30.8 Å². The van der Waals surface area contributed by atoms with E-state index in [4.69, 9.17) is 4.42 Å². The lowest BCUT2D eigenvalue weighted by Gasteiger charge is -2.34. The Balaban J connectivity index is 1.57. The zero-order valence-corrected chi connectivity index (χ0v) is 16.6. The van der Waals surface area contributed by atoms with Crippen LogP contribution in [0.3, 0.4) is 0 Å². The van der Waals surface area contributed by atoms with E-state index in [0.29, 0.717) is 47.8 Å². The molecule has 0 aliphatic carbocycles. The number of hydrogen-bond acceptors (Lipinski definition) is 5. The number of rotatable bonds is 5. The highest BCUT2D eigenvalue weighted by Gasteiger charge is 2.35. The number of fused-ring (bicyclic) bond motifs is 1. The Morgan fingerprint density at radius 3 is 2.87 bits per heavy atom. The van der Waals surface area contributed by atoms with Gasteiger partial charge in [-0.05, 0) is 30.3 Å². The minimum absolute atomic E-state index is 0.134. The van der Waals surface area contributed by atoms with E-state index in [0.717, 1.165) is 0 Å². The van der Waals surface area contributed by atoms with Crippen LogP contribution in [0.25, 0.3) is 11.1 Å². The van der Waals surface area contributed by atoms with Crippen LogP contribution in [0.4, 0.5) is 5.69 Å². The second-order valence-electron chi connectivity index (χ2n) is 7.07. The fraction of sp³-hybridized carbons (Fsp3) is 0.273. The zero-order chi connectivity index (χ0) is 21.1. The van der Waals surface area contributed by atoms with Gasteiger partial charge in [-0.1, -0.05) is 25.1 Å². The Kier molecular flexibility index (Phi) is 5.47. The summed E-state index contributed by atoms with van der Waals surface area (Å²) in [5.74, 6) is -0.253. The highest BCUT2D eigenvalue weighted by atomic mass is 16.3. The molecule has 1 aromatic heterocycles. The number of carbonyl (C=O) groups excluding carboxylic acids is 3. The van der Waals surface area contributed by atoms with E-state index in [9.17, 15) is 14.4 Å². The van der Waals surface area contributed by atoms with Gasteiger partial charge in [0.05, 0.1) is 6.42 Å². The van der Waals surface area contributed by atoms with Crippen molar-refractivity contribution < 1.29 is 18.8 Å². The predicted octanol–water partition coefficient (Wildman–Crippen LogP) is 2.36. The van der Waals surface area contributed by atoms with Crippen LogP contribution in [0.1, 0.15) is 29.6 Å². The number of hydrogen-bond donors (Lipinski definition) is 2. The number of amides is 3. The third-order valence-electron chi connectivity index (χ3n) is 5.01. The first-order chi connectivity index (χ1) is 14.5. The second-order valence-corrected chi connectivity index (χ2v) is 7.07. The van der Waals surface area contributed by atoms with Crippen molar-refractivity contribution in [3.05, 3.63) is 60.0 Å². The number of para-hydroxylation sites is 2. The number of benzene rings is 2. The summed E-state index contributed by atoms with van der Waals surface area (Å²) in [7, 11) is 0. The van der Waals surface area contributed by atoms with Gasteiger partial charge in [0.1, 0.15) is 11.6 Å². The van der Waals surface area contributed by atoms with Crippen LogP contribution in [0.5, 0.6) is 0 Å². The molecule has 154 valence electrons. The van der Waals surface area contributed by atoms with Crippen molar-refractivity contribution >= 4 is 34.5 Å². The van der Waals surface area contributed by atoms with Crippen molar-refractivity contribution in [2.45, 2.75) is 25.8 Å². The Bertz CT molecular complexity index is 1070. The number of nitrogens with zero attached hydrogens (tertiary/aromatic N) is 2. The molecule has 3 amide bonds. The molecule has 0 bridgehead atoms. The van der Waals surface area contributed by atoms with Crippen LogP contribution in [0.15, 0.2) is 52.9 Å². The molecule has 2 heterocycles. The summed E-state index contributed by atoms with van der Waals surface area (Å²) in [5.41, 5.74) is 2.30. The Morgan fingerprint density at radius 2 is 2.07 bits per heavy atom. The highest BCUT2D eigenvalue weighted by molar-refractivity contribution is 6.00. The molecule has 0 radical (unpaired) electrons. The fourth-order valence-electron chi connectivity index (χ4n) is 3.48. The van der Waals surface area contributed by atoms with Crippen molar-refractivity contribution in [1.82, 2.24) is 15.2 Å². The van der Waals surface area contributed by atoms with E-state index in [2.05, 4.69) is 15.6 Å². The third-order valence-corrected chi connectivity index (χ3v) is 5.01. The summed E-state index contributed by atoms with van der Waals surface area (Å²) < 4.78 is 5.75. The minimum Gasteiger partial charge on any atom is -0.441 e. The van der Waals surface area contributed by atoms with Crippen LogP contribution in [-0.4, -0.2) is 46.7 Å². The van der Waals surface area contributed by atoms with Gasteiger partial charge < -0.3 is 20.0 Å². The first-order valence-corrected chi connectivity index (χ1v) is 9.88. The number of piperazine rings is 1. The molecule has 2 N–H and O–H groups in total. The van der Waals surface area contributed by atoms with E-state index >= 15 is 0 Å². The zero-order valence-electron chi connectivity index (χ0n) is 16.6. The SMILES string of the molecule is CCC(=O)Nc1cccc(C(=O)N2CCNC(=O)C2Cc2nc3ccccc3o2)c1. The van der Waals surface area contributed by atoms with Crippen molar-refractivity contribution in [3.8, 4) is 0 Å². The summed E-state index contributed by atoms with van der Waals surface area (Å²) in [6.07, 6.45) is 0.523. The Morgan fingerprint density at radius 1 is 1.23 bits per heavy atom. The second kappa shape index (κ2) is 8.36. The monoisotopic (exact) mass is 406 g/mol. The summed E-state index contributed by atoms with van der Waals surface area (Å²) in [6, 6.07) is 13.4. The molecule has 3 aromatic rings. The molecule has 0 saturated carbocycles. The molecule has 1 fully saturated rings. The first-order valence-electron chi connectivity index (χ1n) is 9.88. The largest absolute Gasteiger partial charge is 0.441 e. The number of aromatic nitrogens is 1. The highest BCUT2D eigenvalue weighted by Crippen LogP contribution is 2.21. The number of oxazole rings is 1. The molecule has 8 nitrogen and oxygen atoms in total. The predicted molar refractivity (Wildman–Crippen MR) is 111 cm³/mol. The summed E-state index contributed by atoms with van der Waals surface area (Å²) >= 11 is 0. The normalized spacial score (nSPS) is 16.4. The lowest BCUT2D eigenvalue weighted by Crippen LogP contribution is -2.58. The Hall–Kier alpha value is -3.68. The molecular formula is C22H22N4O4. The van der Waals surface area contributed by atoms with E-state index in [1.165, 1.54) is 4.90 Å². The molecule has 4 rings (SSSR count). The van der Waals surface area contributed by atoms with Gasteiger partial charge in [0.15, 0.2) is 11.5 Å². The lowest BCUT2D eigenvalue weighted by atomic mass is 10.1. The first kappa shape index (κ1) is 19.6. The molecule has 30 heavy (non-hydrogen) atoms. The molecule has 8 heteroatoms. The van der Waals surface area contributed by atoms with Gasteiger partial charge >= 0.3 is 0 Å². The fourth-order valence-corrected chi connectivity index (χ4v) is 3.48. The van der Waals surface area contributed by atoms with Crippen LogP contribution in [0, 0.1) is 0 Å². The van der Waals surface area contributed by atoms with Crippen LogP contribution < -0.4 is 10.6 Å². The summed E-state index contributed by atoms with van der Waals surface area (Å²) in [4.78, 5) is 43.4. The summed E-state index contributed by atoms with van der Waals surface area (Å²) in [5, 5.41) is 5.56. The van der Waals surface area contributed by atoms with Crippen molar-refractivity contribution in [1.29, 1.82) is 0 Å². The maximum Gasteiger partial charge on any atom is 0.254 e. The maximum atomic E-state index is 13.2. The molecule has 1 aliphatic rings. The Labute approximate surface area is 173 Å². The van der Waals surface area contributed by atoms with Gasteiger partial charge in [-0.25, -0.2) is 4.98 Å². The van der Waals surface area contributed by atoms with Gasteiger partial charge in [0.25, 0.3) is 5.91 Å². The van der Waals surface area contributed by atoms with E-state index in [1.54, 1.807) is 31.2 Å². The van der Waals surface area contributed by atoms with E-state index in [1.807, 2.05) is 24.3 Å². The van der Waals surface area contributed by atoms with Gasteiger partial charge in [-0.2, -0.15) is 0 Å². The topological polar surface area (TPSA) is 105 Å². The standard InChI is InChI=1S/C22H22N4O4/c1-2-19(27)24-15-7-5-6-14(12-15)22(29)26-11-10-23-21(28)17(26)13-20-25-16-8-3-4-9-18(16)30-20/h3-9,12,17H,2,10-11,13H2,1H3,(H,23,28)(H,24,27). The molecule has 2 aromatic carbocycles. The van der Waals surface area contributed by atoms with Gasteiger partial charge in [-0.3, -0.25) is 14.4 Å². The van der Waals surface area contributed by atoms with Crippen molar-refractivity contribution in [2.24, 2.45) is 0 Å². The number of nitrogens with one attached hydrogen (secondary N) is 2. The van der Waals surface area contributed by atoms with Crippen LogP contribution in [-0.2, 0) is 16.0 Å². The van der Waals surface area contributed by atoms with E-state index in [-0.39, 0.29) is 24.1 Å². The lowest BCUT2D eigenvalue weighted by molar-refractivity contribution is -0.128. The minimum atomic E-state index is -0.729. The molecule has 1 unspecified atom stereocenters. The number of anilines is 1. The quantitative estimate of drug-likeness (QED) is 0.677. The third kappa shape index (κ3) is 4.03. The average molecular weight is 406 g/mol. The molecule has 0 spiro atoms. The smallest absolute Gasteiger partial charge is 0.254 e. The van der Waals surface area contributed by atoms with Crippen LogP contribution in [0.2, 0.25) is 0 Å². The van der Waals surface area contributed by atoms with E-state index < -0.39 is 6.04 Å². The van der Waals surface area contributed by atoms with Crippen molar-refractivity contribution in [3.63, 3.8) is 0 Å². The molecule has 1 aliphatic heterocycles. The average Bonchev–Trinajstić information content (AvgIpc) is 3.17. The molecule has 1 saturated heterocycles. The number of carbonyl (C=O) groups is 3.